The first-order chi connectivity index (χ1) is 9.74. The van der Waals surface area contributed by atoms with Crippen molar-refractivity contribution in [3.63, 3.8) is 0 Å². The monoisotopic (exact) mass is 275 g/mol. The zero-order valence-corrected chi connectivity index (χ0v) is 11.8. The molecule has 1 aliphatic rings. The van der Waals surface area contributed by atoms with E-state index in [0.717, 1.165) is 36.2 Å². The third-order valence-corrected chi connectivity index (χ3v) is 4.41. The van der Waals surface area contributed by atoms with E-state index in [1.54, 1.807) is 17.2 Å². The molecule has 1 aliphatic carbocycles. The summed E-state index contributed by atoms with van der Waals surface area (Å²) in [5.41, 5.74) is 0.821. The number of nitrogens with one attached hydrogen (secondary N) is 1. The molecule has 0 saturated heterocycles. The molecule has 1 saturated carbocycles. The van der Waals surface area contributed by atoms with Crippen LogP contribution < -0.4 is 5.32 Å². The molecular weight excluding hydrogens is 254 g/mol. The summed E-state index contributed by atoms with van der Waals surface area (Å²) in [6.45, 7) is 0.992. The molecule has 0 amide bonds. The molecule has 6 heteroatoms. The molecule has 2 aromatic rings. The Labute approximate surface area is 118 Å². The lowest BCUT2D eigenvalue weighted by molar-refractivity contribution is 0.0943. The molecule has 0 spiro atoms. The summed E-state index contributed by atoms with van der Waals surface area (Å²) in [5.74, 6) is 0.807. The lowest BCUT2D eigenvalue weighted by Crippen LogP contribution is -2.35. The fraction of sp³-hybridized carbons (Fsp3) is 0.643. The number of hydrogen-bond acceptors (Lipinski definition) is 5. The second kappa shape index (κ2) is 5.36. The van der Waals surface area contributed by atoms with E-state index in [-0.39, 0.29) is 12.0 Å². The molecule has 0 atom stereocenters. The number of anilines is 1. The van der Waals surface area contributed by atoms with Crippen LogP contribution in [0.4, 0.5) is 5.82 Å². The Balaban J connectivity index is 1.79. The van der Waals surface area contributed by atoms with Gasteiger partial charge in [-0.05, 0) is 12.8 Å². The highest BCUT2D eigenvalue weighted by Gasteiger charge is 2.31. The van der Waals surface area contributed by atoms with E-state index < -0.39 is 0 Å². The molecule has 6 nitrogen and oxygen atoms in total. The van der Waals surface area contributed by atoms with E-state index >= 15 is 0 Å². The number of rotatable bonds is 4. The van der Waals surface area contributed by atoms with Gasteiger partial charge in [0.1, 0.15) is 12.1 Å². The number of aliphatic hydroxyl groups excluding tert-OH is 1. The minimum absolute atomic E-state index is 0.00225. The minimum atomic E-state index is -0.00225. The van der Waals surface area contributed by atoms with Crippen molar-refractivity contribution in [2.75, 3.05) is 18.5 Å². The first kappa shape index (κ1) is 13.3. The molecule has 2 aromatic heterocycles. The zero-order valence-electron chi connectivity index (χ0n) is 11.8. The Kier molecular flexibility index (Phi) is 3.56. The van der Waals surface area contributed by atoms with Crippen LogP contribution in [0.3, 0.4) is 0 Å². The largest absolute Gasteiger partial charge is 0.396 e. The normalized spacial score (nSPS) is 18.3. The third-order valence-electron chi connectivity index (χ3n) is 4.41. The molecule has 0 bridgehead atoms. The number of hydrogen-bond donors (Lipinski definition) is 2. The predicted octanol–water partition coefficient (Wildman–Crippen LogP) is 1.72. The van der Waals surface area contributed by atoms with Gasteiger partial charge in [0.05, 0.1) is 18.2 Å². The van der Waals surface area contributed by atoms with Gasteiger partial charge in [-0.1, -0.05) is 19.3 Å². The first-order valence-electron chi connectivity index (χ1n) is 7.22. The van der Waals surface area contributed by atoms with Crippen LogP contribution in [-0.2, 0) is 7.05 Å². The SMILES string of the molecule is Cn1ncc2c(NCC3(CO)CCCCC3)ncnc21. The molecular formula is C14H21N5O. The highest BCUT2D eigenvalue weighted by molar-refractivity contribution is 5.85. The van der Waals surface area contributed by atoms with E-state index in [4.69, 9.17) is 0 Å². The van der Waals surface area contributed by atoms with Gasteiger partial charge in [-0.3, -0.25) is 4.68 Å². The van der Waals surface area contributed by atoms with Crippen LogP contribution >= 0.6 is 0 Å². The number of fused-ring (bicyclic) bond motifs is 1. The number of nitrogens with zero attached hydrogens (tertiary/aromatic N) is 4. The lowest BCUT2D eigenvalue weighted by atomic mass is 9.74. The van der Waals surface area contributed by atoms with Crippen molar-refractivity contribution in [2.45, 2.75) is 32.1 Å². The van der Waals surface area contributed by atoms with Crippen LogP contribution in [0.5, 0.6) is 0 Å². The number of aliphatic hydroxyl groups is 1. The summed E-state index contributed by atoms with van der Waals surface area (Å²) in [5, 5.41) is 18.3. The summed E-state index contributed by atoms with van der Waals surface area (Å²) >= 11 is 0. The van der Waals surface area contributed by atoms with Gasteiger partial charge < -0.3 is 10.4 Å². The highest BCUT2D eigenvalue weighted by Crippen LogP contribution is 2.36. The molecule has 0 radical (unpaired) electrons. The van der Waals surface area contributed by atoms with Crippen molar-refractivity contribution in [3.05, 3.63) is 12.5 Å². The lowest BCUT2D eigenvalue weighted by Gasteiger charge is -2.35. The Bertz CT molecular complexity index is 588. The fourth-order valence-corrected chi connectivity index (χ4v) is 3.07. The molecule has 0 aliphatic heterocycles. The Hall–Kier alpha value is -1.69. The summed E-state index contributed by atoms with van der Waals surface area (Å²) in [4.78, 5) is 8.55. The molecule has 2 N–H and O–H groups in total. The second-order valence-electron chi connectivity index (χ2n) is 5.80. The van der Waals surface area contributed by atoms with Crippen molar-refractivity contribution in [3.8, 4) is 0 Å². The molecule has 3 rings (SSSR count). The van der Waals surface area contributed by atoms with Crippen LogP contribution in [0.1, 0.15) is 32.1 Å². The second-order valence-corrected chi connectivity index (χ2v) is 5.80. The maximum atomic E-state index is 9.75. The molecule has 1 fully saturated rings. The van der Waals surface area contributed by atoms with Gasteiger partial charge in [-0.15, -0.1) is 0 Å². The number of aromatic nitrogens is 4. The van der Waals surface area contributed by atoms with Gasteiger partial charge in [0.15, 0.2) is 5.65 Å². The van der Waals surface area contributed by atoms with E-state index in [1.165, 1.54) is 19.3 Å². The van der Waals surface area contributed by atoms with Gasteiger partial charge in [-0.2, -0.15) is 5.10 Å². The summed E-state index contributed by atoms with van der Waals surface area (Å²) in [6, 6.07) is 0. The molecule has 108 valence electrons. The zero-order chi connectivity index (χ0) is 14.0. The predicted molar refractivity (Wildman–Crippen MR) is 77.4 cm³/mol. The van der Waals surface area contributed by atoms with Crippen LogP contribution in [0.25, 0.3) is 11.0 Å². The fourth-order valence-electron chi connectivity index (χ4n) is 3.07. The maximum Gasteiger partial charge on any atom is 0.163 e. The first-order valence-corrected chi connectivity index (χ1v) is 7.22. The molecule has 0 unspecified atom stereocenters. The van der Waals surface area contributed by atoms with Crippen molar-refractivity contribution >= 4 is 16.9 Å². The van der Waals surface area contributed by atoms with Crippen LogP contribution in [0.2, 0.25) is 0 Å². The van der Waals surface area contributed by atoms with Crippen molar-refractivity contribution in [1.82, 2.24) is 19.7 Å². The molecule has 20 heavy (non-hydrogen) atoms. The summed E-state index contributed by atoms with van der Waals surface area (Å²) in [6.07, 6.45) is 9.18. The van der Waals surface area contributed by atoms with E-state index in [1.807, 2.05) is 7.05 Å². The Morgan fingerprint density at radius 3 is 2.85 bits per heavy atom. The quantitative estimate of drug-likeness (QED) is 0.888. The van der Waals surface area contributed by atoms with Gasteiger partial charge in [0, 0.05) is 19.0 Å². The van der Waals surface area contributed by atoms with Gasteiger partial charge in [-0.25, -0.2) is 9.97 Å². The van der Waals surface area contributed by atoms with Gasteiger partial charge in [0.2, 0.25) is 0 Å². The summed E-state index contributed by atoms with van der Waals surface area (Å²) in [7, 11) is 1.87. The Morgan fingerprint density at radius 2 is 2.10 bits per heavy atom. The number of aryl methyl sites for hydroxylation is 1. The summed E-state index contributed by atoms with van der Waals surface area (Å²) < 4.78 is 1.74. The van der Waals surface area contributed by atoms with Crippen molar-refractivity contribution < 1.29 is 5.11 Å². The van der Waals surface area contributed by atoms with Crippen LogP contribution in [0.15, 0.2) is 12.5 Å². The third kappa shape index (κ3) is 2.35. The average molecular weight is 275 g/mol. The maximum absolute atomic E-state index is 9.75. The van der Waals surface area contributed by atoms with Crippen LogP contribution in [0, 0.1) is 5.41 Å². The van der Waals surface area contributed by atoms with Crippen LogP contribution in [-0.4, -0.2) is 38.0 Å². The average Bonchev–Trinajstić information content (AvgIpc) is 2.88. The van der Waals surface area contributed by atoms with E-state index in [9.17, 15) is 5.11 Å². The van der Waals surface area contributed by atoms with E-state index in [0.29, 0.717) is 0 Å². The standard InChI is InChI=1S/C14H21N5O/c1-19-13-11(7-18-19)12(16-10-17-13)15-8-14(9-20)5-3-2-4-6-14/h7,10,20H,2-6,8-9H2,1H3,(H,15,16,17). The highest BCUT2D eigenvalue weighted by atomic mass is 16.3. The molecule has 2 heterocycles. The van der Waals surface area contributed by atoms with Crippen molar-refractivity contribution in [2.24, 2.45) is 12.5 Å². The topological polar surface area (TPSA) is 75.9 Å². The Morgan fingerprint density at radius 1 is 1.30 bits per heavy atom. The van der Waals surface area contributed by atoms with Gasteiger partial charge in [0.25, 0.3) is 0 Å². The smallest absolute Gasteiger partial charge is 0.163 e. The van der Waals surface area contributed by atoms with Crippen molar-refractivity contribution in [1.29, 1.82) is 0 Å². The van der Waals surface area contributed by atoms with Gasteiger partial charge >= 0.3 is 0 Å². The van der Waals surface area contributed by atoms with E-state index in [2.05, 4.69) is 20.4 Å². The molecule has 0 aromatic carbocycles. The minimum Gasteiger partial charge on any atom is -0.396 e.